The Bertz CT molecular complexity index is 357. The van der Waals surface area contributed by atoms with Crippen LogP contribution < -0.4 is 5.32 Å². The topological polar surface area (TPSA) is 32.3 Å². The Morgan fingerprint density at radius 2 is 2.06 bits per heavy atom. The van der Waals surface area contributed by atoms with E-state index in [0.29, 0.717) is 12.0 Å². The lowest BCUT2D eigenvalue weighted by Crippen LogP contribution is -2.32. The minimum atomic E-state index is -0.569. The van der Waals surface area contributed by atoms with Crippen LogP contribution in [-0.4, -0.2) is 17.8 Å². The minimum Gasteiger partial charge on any atom is -0.396 e. The van der Waals surface area contributed by atoms with Crippen molar-refractivity contribution in [3.05, 3.63) is 35.4 Å². The van der Waals surface area contributed by atoms with Gasteiger partial charge in [0.05, 0.1) is 0 Å². The highest BCUT2D eigenvalue weighted by Crippen LogP contribution is 2.19. The van der Waals surface area contributed by atoms with Gasteiger partial charge in [0.1, 0.15) is 11.6 Å². The molecule has 1 rings (SSSR count). The molecule has 0 fully saturated rings. The zero-order valence-corrected chi connectivity index (χ0v) is 10.2. The van der Waals surface area contributed by atoms with Crippen molar-refractivity contribution in [1.82, 2.24) is 5.32 Å². The lowest BCUT2D eigenvalue weighted by Gasteiger charge is -2.22. The van der Waals surface area contributed by atoms with Crippen LogP contribution in [0.5, 0.6) is 0 Å². The van der Waals surface area contributed by atoms with Gasteiger partial charge in [-0.15, -0.1) is 0 Å². The third-order valence-corrected chi connectivity index (χ3v) is 2.89. The molecule has 4 heteroatoms. The molecule has 0 bridgehead atoms. The zero-order valence-electron chi connectivity index (χ0n) is 10.2. The van der Waals surface area contributed by atoms with Crippen molar-refractivity contribution >= 4 is 0 Å². The smallest absolute Gasteiger partial charge is 0.130 e. The first-order valence-corrected chi connectivity index (χ1v) is 5.90. The molecule has 0 radical (unpaired) electrons. The van der Waals surface area contributed by atoms with Crippen molar-refractivity contribution in [2.45, 2.75) is 38.8 Å². The van der Waals surface area contributed by atoms with E-state index in [1.54, 1.807) is 0 Å². The molecule has 0 saturated heterocycles. The summed E-state index contributed by atoms with van der Waals surface area (Å²) in [6.45, 7) is 3.93. The fourth-order valence-corrected chi connectivity index (χ4v) is 1.86. The summed E-state index contributed by atoms with van der Waals surface area (Å²) in [4.78, 5) is 0. The maximum Gasteiger partial charge on any atom is 0.130 e. The zero-order chi connectivity index (χ0) is 12.8. The van der Waals surface area contributed by atoms with E-state index in [1.807, 2.05) is 13.8 Å². The lowest BCUT2D eigenvalue weighted by atomic mass is 10.0. The van der Waals surface area contributed by atoms with Gasteiger partial charge in [0.15, 0.2) is 0 Å². The van der Waals surface area contributed by atoms with Gasteiger partial charge in [-0.3, -0.25) is 0 Å². The van der Waals surface area contributed by atoms with Gasteiger partial charge < -0.3 is 10.4 Å². The summed E-state index contributed by atoms with van der Waals surface area (Å²) in [5.41, 5.74) is 0.447. The minimum absolute atomic E-state index is 0.101. The monoisotopic (exact) mass is 243 g/mol. The molecule has 0 aliphatic heterocycles. The highest BCUT2D eigenvalue weighted by Gasteiger charge is 2.15. The molecule has 0 saturated carbocycles. The van der Waals surface area contributed by atoms with Crippen molar-refractivity contribution in [1.29, 1.82) is 0 Å². The van der Waals surface area contributed by atoms with Gasteiger partial charge in [0, 0.05) is 30.3 Å². The van der Waals surface area contributed by atoms with E-state index in [9.17, 15) is 8.78 Å². The van der Waals surface area contributed by atoms with Crippen molar-refractivity contribution < 1.29 is 13.9 Å². The quantitative estimate of drug-likeness (QED) is 0.805. The van der Waals surface area contributed by atoms with Crippen LogP contribution in [0.15, 0.2) is 18.2 Å². The first-order valence-electron chi connectivity index (χ1n) is 5.90. The number of hydrogen-bond donors (Lipinski definition) is 2. The third kappa shape index (κ3) is 4.06. The van der Waals surface area contributed by atoms with Crippen LogP contribution in [0.4, 0.5) is 8.78 Å². The number of halogens is 2. The number of hydrogen-bond acceptors (Lipinski definition) is 2. The van der Waals surface area contributed by atoms with Crippen LogP contribution in [0, 0.1) is 11.6 Å². The average molecular weight is 243 g/mol. The molecule has 0 heterocycles. The van der Waals surface area contributed by atoms with Crippen LogP contribution in [-0.2, 0) is 0 Å². The van der Waals surface area contributed by atoms with Crippen LogP contribution in [0.3, 0.4) is 0 Å². The molecule has 0 aliphatic rings. The molecule has 96 valence electrons. The second-order valence-corrected chi connectivity index (χ2v) is 4.17. The van der Waals surface area contributed by atoms with E-state index in [4.69, 9.17) is 5.11 Å². The predicted octanol–water partition coefficient (Wildman–Crippen LogP) is 2.78. The van der Waals surface area contributed by atoms with E-state index in [0.717, 1.165) is 12.5 Å². The van der Waals surface area contributed by atoms with Gasteiger partial charge >= 0.3 is 0 Å². The van der Waals surface area contributed by atoms with E-state index in [-0.39, 0.29) is 18.7 Å². The standard InChI is InChI=1S/C13H19F2NO/c1-3-11(6-7-17)16-9(2)12-5-4-10(14)8-13(12)15/h4-5,8-9,11,16-17H,3,6-7H2,1-2H3. The number of aliphatic hydroxyl groups excluding tert-OH is 1. The summed E-state index contributed by atoms with van der Waals surface area (Å²) in [6.07, 6.45) is 1.48. The Balaban J connectivity index is 2.71. The van der Waals surface area contributed by atoms with Gasteiger partial charge in [-0.2, -0.15) is 0 Å². The average Bonchev–Trinajstić information content (AvgIpc) is 2.28. The number of nitrogens with one attached hydrogen (secondary N) is 1. The largest absolute Gasteiger partial charge is 0.396 e. The van der Waals surface area contributed by atoms with E-state index >= 15 is 0 Å². The highest BCUT2D eigenvalue weighted by atomic mass is 19.1. The van der Waals surface area contributed by atoms with Crippen LogP contribution >= 0.6 is 0 Å². The Hall–Kier alpha value is -1.00. The van der Waals surface area contributed by atoms with Gasteiger partial charge in [0.25, 0.3) is 0 Å². The molecule has 2 atom stereocenters. The number of aliphatic hydroxyl groups is 1. The summed E-state index contributed by atoms with van der Waals surface area (Å²) >= 11 is 0. The maximum absolute atomic E-state index is 13.5. The molecule has 2 nitrogen and oxygen atoms in total. The summed E-state index contributed by atoms with van der Waals surface area (Å²) in [5.74, 6) is -1.11. The highest BCUT2D eigenvalue weighted by molar-refractivity contribution is 5.21. The van der Waals surface area contributed by atoms with Gasteiger partial charge in [-0.05, 0) is 25.8 Å². The van der Waals surface area contributed by atoms with Crippen LogP contribution in [0.25, 0.3) is 0 Å². The van der Waals surface area contributed by atoms with Crippen molar-refractivity contribution in [2.24, 2.45) is 0 Å². The number of rotatable bonds is 6. The Morgan fingerprint density at radius 3 is 2.59 bits per heavy atom. The van der Waals surface area contributed by atoms with Crippen LogP contribution in [0.1, 0.15) is 38.3 Å². The van der Waals surface area contributed by atoms with Crippen molar-refractivity contribution in [3.63, 3.8) is 0 Å². The molecule has 0 spiro atoms. The molecule has 1 aromatic carbocycles. The summed E-state index contributed by atoms with van der Waals surface area (Å²) in [6, 6.07) is 3.53. The molecule has 0 aromatic heterocycles. The number of benzene rings is 1. The maximum atomic E-state index is 13.5. The summed E-state index contributed by atoms with van der Waals surface area (Å²) < 4.78 is 26.3. The van der Waals surface area contributed by atoms with Gasteiger partial charge in [-0.1, -0.05) is 13.0 Å². The molecule has 17 heavy (non-hydrogen) atoms. The third-order valence-electron chi connectivity index (χ3n) is 2.89. The Labute approximate surface area is 101 Å². The van der Waals surface area contributed by atoms with Crippen LogP contribution in [0.2, 0.25) is 0 Å². The second-order valence-electron chi connectivity index (χ2n) is 4.17. The normalized spacial score (nSPS) is 14.6. The fraction of sp³-hybridized carbons (Fsp3) is 0.538. The molecule has 2 unspecified atom stereocenters. The molecule has 0 aliphatic carbocycles. The summed E-state index contributed by atoms with van der Waals surface area (Å²) in [7, 11) is 0. The molecule has 0 amide bonds. The van der Waals surface area contributed by atoms with E-state index in [2.05, 4.69) is 5.32 Å². The second kappa shape index (κ2) is 6.67. The Kier molecular flexibility index (Phi) is 5.51. The SMILES string of the molecule is CCC(CCO)NC(C)c1ccc(F)cc1F. The van der Waals surface area contributed by atoms with Gasteiger partial charge in [0.2, 0.25) is 0 Å². The van der Waals surface area contributed by atoms with Crippen molar-refractivity contribution in [3.8, 4) is 0 Å². The predicted molar refractivity (Wildman–Crippen MR) is 63.7 cm³/mol. The molecular formula is C13H19F2NO. The first-order chi connectivity index (χ1) is 8.08. The summed E-state index contributed by atoms with van der Waals surface area (Å²) in [5, 5.41) is 12.1. The van der Waals surface area contributed by atoms with E-state index in [1.165, 1.54) is 12.1 Å². The van der Waals surface area contributed by atoms with E-state index < -0.39 is 11.6 Å². The first kappa shape index (κ1) is 14.1. The molecule has 2 N–H and O–H groups in total. The lowest BCUT2D eigenvalue weighted by molar-refractivity contribution is 0.256. The molecular weight excluding hydrogens is 224 g/mol. The van der Waals surface area contributed by atoms with Gasteiger partial charge in [-0.25, -0.2) is 8.78 Å². The molecule has 1 aromatic rings. The Morgan fingerprint density at radius 1 is 1.35 bits per heavy atom. The van der Waals surface area contributed by atoms with Crippen molar-refractivity contribution in [2.75, 3.05) is 6.61 Å². The fourth-order valence-electron chi connectivity index (χ4n) is 1.86.